The minimum absolute atomic E-state index is 0.267. The molecule has 0 aliphatic carbocycles. The molecule has 2 rings (SSSR count). The second kappa shape index (κ2) is 7.70. The van der Waals surface area contributed by atoms with Gasteiger partial charge in [0.25, 0.3) is 10.0 Å². The monoisotopic (exact) mass is 396 g/mol. The van der Waals surface area contributed by atoms with Crippen molar-refractivity contribution in [2.45, 2.75) is 4.90 Å². The van der Waals surface area contributed by atoms with Gasteiger partial charge in [-0.05, 0) is 34.9 Å². The largest absolute Gasteiger partial charge is 0.450 e. The van der Waals surface area contributed by atoms with Crippen LogP contribution in [0.3, 0.4) is 0 Å². The number of nitrogens with zero attached hydrogens (tertiary/aromatic N) is 5. The maximum Gasteiger partial charge on any atom is 0.331 e. The summed E-state index contributed by atoms with van der Waals surface area (Å²) >= 11 is 5.91. The molecule has 0 aliphatic rings. The molecule has 11 nitrogen and oxygen atoms in total. The van der Waals surface area contributed by atoms with Gasteiger partial charge >= 0.3 is 5.69 Å². The predicted octanol–water partition coefficient (Wildman–Crippen LogP) is 3.35. The van der Waals surface area contributed by atoms with Crippen LogP contribution in [0.15, 0.2) is 56.9 Å². The maximum absolute atomic E-state index is 12.2. The first-order chi connectivity index (χ1) is 12.3. The van der Waals surface area contributed by atoms with Crippen LogP contribution in [0.5, 0.6) is 11.5 Å². The van der Waals surface area contributed by atoms with E-state index >= 15 is 0 Å². The molecule has 13 heteroatoms. The van der Waals surface area contributed by atoms with Gasteiger partial charge in [0, 0.05) is 4.91 Å². The molecule has 2 aromatic rings. The smallest absolute Gasteiger partial charge is 0.331 e. The van der Waals surface area contributed by atoms with Crippen LogP contribution in [0, 0.1) is 10.1 Å². The van der Waals surface area contributed by atoms with Gasteiger partial charge in [-0.1, -0.05) is 29.8 Å². The van der Waals surface area contributed by atoms with Crippen LogP contribution >= 0.6 is 11.6 Å². The highest BCUT2D eigenvalue weighted by atomic mass is 35.5. The summed E-state index contributed by atoms with van der Waals surface area (Å²) in [5, 5.41) is 13.5. The molecule has 0 atom stereocenters. The minimum atomic E-state index is -4.55. The van der Waals surface area contributed by atoms with Crippen LogP contribution in [0.25, 0.3) is 10.4 Å². The summed E-state index contributed by atoms with van der Waals surface area (Å²) in [6, 6.07) is 10.1. The molecular weight excluding hydrogens is 388 g/mol. The Hall–Kier alpha value is -3.34. The lowest BCUT2D eigenvalue weighted by Crippen LogP contribution is -2.11. The van der Waals surface area contributed by atoms with E-state index in [1.807, 2.05) is 0 Å². The highest BCUT2D eigenvalue weighted by Gasteiger charge is 2.29. The molecular formula is C13H9ClN6O5S. The van der Waals surface area contributed by atoms with Gasteiger partial charge in [-0.2, -0.15) is 8.42 Å². The first-order valence-electron chi connectivity index (χ1n) is 6.61. The molecule has 2 aromatic carbocycles. The standard InChI is InChI=1S/C13H9ClN6O5S/c14-11-10(26(23,24)18-13(15)17-19-16)7-6-9(12(11)20(21)22)25-8-4-2-1-3-5-8/h1-7H,(H2,15,18). The Balaban J connectivity index is 2.59. The molecule has 134 valence electrons. The third-order valence-electron chi connectivity index (χ3n) is 2.84. The summed E-state index contributed by atoms with van der Waals surface area (Å²) in [5.41, 5.74) is 12.6. The normalized spacial score (nSPS) is 11.5. The summed E-state index contributed by atoms with van der Waals surface area (Å²) in [5.74, 6) is -0.874. The summed E-state index contributed by atoms with van der Waals surface area (Å²) in [6.07, 6.45) is 0. The van der Waals surface area contributed by atoms with Gasteiger partial charge in [0.2, 0.25) is 11.7 Å². The summed E-state index contributed by atoms with van der Waals surface area (Å²) in [4.78, 5) is 12.1. The van der Waals surface area contributed by atoms with Crippen molar-refractivity contribution in [3.8, 4) is 11.5 Å². The number of hydrogen-bond acceptors (Lipinski definition) is 5. The van der Waals surface area contributed by atoms with Crippen LogP contribution < -0.4 is 10.5 Å². The van der Waals surface area contributed by atoms with E-state index in [1.165, 1.54) is 0 Å². The number of rotatable bonds is 5. The number of halogens is 1. The average molecular weight is 397 g/mol. The Kier molecular flexibility index (Phi) is 5.62. The van der Waals surface area contributed by atoms with E-state index in [9.17, 15) is 18.5 Å². The zero-order valence-corrected chi connectivity index (χ0v) is 14.3. The maximum atomic E-state index is 12.2. The Bertz CT molecular complexity index is 1030. The van der Waals surface area contributed by atoms with Gasteiger partial charge in [-0.3, -0.25) is 10.1 Å². The van der Waals surface area contributed by atoms with E-state index in [2.05, 4.69) is 14.4 Å². The number of azide groups is 1. The van der Waals surface area contributed by atoms with E-state index in [0.717, 1.165) is 12.1 Å². The number of ether oxygens (including phenoxy) is 1. The third-order valence-corrected chi connectivity index (χ3v) is 4.65. The fourth-order valence-electron chi connectivity index (χ4n) is 1.83. The van der Waals surface area contributed by atoms with Crippen molar-refractivity contribution in [1.29, 1.82) is 0 Å². The van der Waals surface area contributed by atoms with E-state index in [1.54, 1.807) is 30.3 Å². The van der Waals surface area contributed by atoms with Gasteiger partial charge < -0.3 is 10.5 Å². The number of sulfonamides is 1. The van der Waals surface area contributed by atoms with Gasteiger partial charge in [0.15, 0.2) is 0 Å². The van der Waals surface area contributed by atoms with Crippen LogP contribution in [0.4, 0.5) is 5.69 Å². The highest BCUT2D eigenvalue weighted by molar-refractivity contribution is 7.90. The average Bonchev–Trinajstić information content (AvgIpc) is 2.55. The molecule has 0 aromatic heterocycles. The lowest BCUT2D eigenvalue weighted by atomic mass is 10.3. The SMILES string of the molecule is [N-]=[N+]=NC(N)=NS(=O)(=O)c1ccc(Oc2ccccc2)c([N+](=O)[O-])c1Cl. The number of para-hydroxylation sites is 1. The zero-order chi connectivity index (χ0) is 19.3. The fraction of sp³-hybridized carbons (Fsp3) is 0. The molecule has 26 heavy (non-hydrogen) atoms. The van der Waals surface area contributed by atoms with Crippen molar-refractivity contribution in [3.05, 3.63) is 68.0 Å². The Morgan fingerprint density at radius 2 is 1.92 bits per heavy atom. The Morgan fingerprint density at radius 3 is 2.50 bits per heavy atom. The summed E-state index contributed by atoms with van der Waals surface area (Å²) in [7, 11) is -4.55. The Morgan fingerprint density at radius 1 is 1.27 bits per heavy atom. The van der Waals surface area contributed by atoms with Crippen LogP contribution in [-0.2, 0) is 10.0 Å². The van der Waals surface area contributed by atoms with Crippen molar-refractivity contribution < 1.29 is 18.1 Å². The minimum Gasteiger partial charge on any atom is -0.450 e. The van der Waals surface area contributed by atoms with Crippen LogP contribution in [-0.4, -0.2) is 19.3 Å². The molecule has 2 N–H and O–H groups in total. The van der Waals surface area contributed by atoms with E-state index in [0.29, 0.717) is 0 Å². The molecule has 0 unspecified atom stereocenters. The van der Waals surface area contributed by atoms with E-state index in [4.69, 9.17) is 27.6 Å². The summed E-state index contributed by atoms with van der Waals surface area (Å²) < 4.78 is 32.8. The fourth-order valence-corrected chi connectivity index (χ4v) is 3.29. The van der Waals surface area contributed by atoms with Crippen molar-refractivity contribution in [1.82, 2.24) is 0 Å². The third kappa shape index (κ3) is 4.19. The topological polar surface area (TPSA) is 174 Å². The van der Waals surface area contributed by atoms with Crippen molar-refractivity contribution in [2.75, 3.05) is 0 Å². The van der Waals surface area contributed by atoms with E-state index < -0.39 is 36.5 Å². The first kappa shape index (κ1) is 19.0. The first-order valence-corrected chi connectivity index (χ1v) is 8.43. The van der Waals surface area contributed by atoms with Gasteiger partial charge in [0.05, 0.1) is 4.92 Å². The second-order valence-electron chi connectivity index (χ2n) is 4.51. The van der Waals surface area contributed by atoms with Crippen LogP contribution in [0.2, 0.25) is 5.02 Å². The Labute approximate surface area is 151 Å². The number of nitro groups is 1. The number of guanidine groups is 1. The lowest BCUT2D eigenvalue weighted by molar-refractivity contribution is -0.385. The highest BCUT2D eigenvalue weighted by Crippen LogP contribution is 2.41. The predicted molar refractivity (Wildman–Crippen MR) is 92.6 cm³/mol. The number of hydrogen-bond donors (Lipinski definition) is 1. The number of nitrogens with two attached hydrogens (primary N) is 1. The second-order valence-corrected chi connectivity index (χ2v) is 6.46. The summed E-state index contributed by atoms with van der Waals surface area (Å²) in [6.45, 7) is 0. The molecule has 0 spiro atoms. The molecule has 0 saturated heterocycles. The van der Waals surface area contributed by atoms with Gasteiger partial charge in [-0.25, -0.2) is 0 Å². The number of benzene rings is 2. The van der Waals surface area contributed by atoms with Gasteiger partial charge in [0.1, 0.15) is 15.7 Å². The molecule has 0 radical (unpaired) electrons. The molecule has 0 amide bonds. The molecule has 0 saturated carbocycles. The quantitative estimate of drug-likeness (QED) is 0.154. The zero-order valence-electron chi connectivity index (χ0n) is 12.7. The van der Waals surface area contributed by atoms with Gasteiger partial charge in [-0.15, -0.1) is 4.40 Å². The van der Waals surface area contributed by atoms with E-state index in [-0.39, 0.29) is 11.5 Å². The molecule has 0 bridgehead atoms. The van der Waals surface area contributed by atoms with Crippen molar-refractivity contribution >= 4 is 33.3 Å². The lowest BCUT2D eigenvalue weighted by Gasteiger charge is -2.09. The molecule has 0 heterocycles. The molecule has 0 aliphatic heterocycles. The number of nitro benzene ring substituents is 1. The molecule has 0 fully saturated rings. The van der Waals surface area contributed by atoms with Crippen molar-refractivity contribution in [2.24, 2.45) is 15.2 Å². The van der Waals surface area contributed by atoms with Crippen molar-refractivity contribution in [3.63, 3.8) is 0 Å². The van der Waals surface area contributed by atoms with Crippen LogP contribution in [0.1, 0.15) is 0 Å².